The molecule has 0 radical (unpaired) electrons. The Morgan fingerprint density at radius 3 is 1.61 bits per heavy atom. The second-order valence-corrected chi connectivity index (χ2v) is 28.5. The Hall–Kier alpha value is -9.78. The predicted octanol–water partition coefficient (Wildman–Crippen LogP) is 21.5. The number of hydrogen-bond acceptors (Lipinski definition) is 4. The maximum absolute atomic E-state index is 6.97. The summed E-state index contributed by atoms with van der Waals surface area (Å²) in [6.45, 7) is 29.9. The summed E-state index contributed by atoms with van der Waals surface area (Å²) in [5.41, 5.74) is 30.4. The number of hydrogen-bond donors (Lipinski definition) is 0. The van der Waals surface area contributed by atoms with E-state index in [0.29, 0.717) is 0 Å². The first-order valence-corrected chi connectivity index (χ1v) is 32.0. The SMILES string of the molecule is Cc1cc2c3c(c1)N(c1c(C)cc(-c4oc5ccccc5c4-c4ccccc4)cc1C)c1cc(N(c4ccc5c6ccccc6n(-c6ccccc6)c5c4)c4ccc(C(C)(C)C)cc4C)ccc1B3c1ccc(C(C)(C)C)cc1N2c1ccc(C(C)(C)C)cc1. The second-order valence-electron chi connectivity index (χ2n) is 28.5. The van der Waals surface area contributed by atoms with Gasteiger partial charge >= 0.3 is 0 Å². The number of rotatable bonds is 8. The number of furan rings is 1. The molecule has 0 aliphatic carbocycles. The lowest BCUT2D eigenvalue weighted by Crippen LogP contribution is -2.61. The molecule has 5 nitrogen and oxygen atoms in total. The van der Waals surface area contributed by atoms with Gasteiger partial charge in [0.2, 0.25) is 0 Å². The molecule has 0 unspecified atom stereocenters. The van der Waals surface area contributed by atoms with Crippen LogP contribution < -0.4 is 31.1 Å². The van der Waals surface area contributed by atoms with Crippen LogP contribution in [0.15, 0.2) is 235 Å². The van der Waals surface area contributed by atoms with E-state index in [-0.39, 0.29) is 23.0 Å². The van der Waals surface area contributed by atoms with Gasteiger partial charge in [0, 0.05) is 78.5 Å². The molecule has 4 heterocycles. The van der Waals surface area contributed by atoms with Crippen molar-refractivity contribution in [1.82, 2.24) is 4.57 Å². The Labute approximate surface area is 531 Å². The molecule has 2 aliphatic rings. The second kappa shape index (κ2) is 20.9. The molecule has 2 aromatic heterocycles. The van der Waals surface area contributed by atoms with Gasteiger partial charge in [0.05, 0.1) is 16.7 Å². The van der Waals surface area contributed by atoms with Crippen molar-refractivity contribution in [2.24, 2.45) is 0 Å². The molecule has 0 fully saturated rings. The van der Waals surface area contributed by atoms with Crippen LogP contribution in [0, 0.1) is 27.7 Å². The Morgan fingerprint density at radius 2 is 0.933 bits per heavy atom. The summed E-state index contributed by atoms with van der Waals surface area (Å²) in [6, 6.07) is 86.8. The first-order valence-electron chi connectivity index (χ1n) is 32.0. The fourth-order valence-electron chi connectivity index (χ4n) is 14.7. The van der Waals surface area contributed by atoms with Crippen LogP contribution in [0.4, 0.5) is 51.2 Å². The Bertz CT molecular complexity index is 4990. The average molecular weight is 1170 g/mol. The van der Waals surface area contributed by atoms with Crippen molar-refractivity contribution in [1.29, 1.82) is 0 Å². The summed E-state index contributed by atoms with van der Waals surface area (Å²) in [5.74, 6) is 0.876. The number of nitrogens with zero attached hydrogens (tertiary/aromatic N) is 4. The minimum absolute atomic E-state index is 0.00620. The molecule has 442 valence electrons. The lowest BCUT2D eigenvalue weighted by atomic mass is 9.33. The molecule has 0 saturated carbocycles. The highest BCUT2D eigenvalue weighted by atomic mass is 16.3. The standard InChI is InChI=1S/C84H77BN4O/c1-52-44-75-79-76(45-52)89(80-54(3)46-57(47-55(80)4)81-78(56-24-16-14-17-25-56)67-29-21-23-31-77(67)90-81)74-51-64(39-42-69(74)85(79)68-41-34-60(84(11,12)13)49-73(68)88(75)62-36-32-58(33-37-62)82(5,6)7)86(70-43-35-59(48-53(70)2)83(8,9)10)63-38-40-66-65-28-20-22-30-71(65)87(72(66)50-63)61-26-18-15-19-27-61/h14-51H,1-13H3. The van der Waals surface area contributed by atoms with Crippen LogP contribution in [0.2, 0.25) is 0 Å². The third-order valence-corrected chi connectivity index (χ3v) is 19.2. The lowest BCUT2D eigenvalue weighted by Gasteiger charge is -2.45. The Kier molecular flexibility index (Phi) is 13.2. The number of benzene rings is 11. The molecule has 0 atom stereocenters. The van der Waals surface area contributed by atoms with Crippen molar-refractivity contribution in [3.63, 3.8) is 0 Å². The molecule has 90 heavy (non-hydrogen) atoms. The summed E-state index contributed by atoms with van der Waals surface area (Å²) < 4.78 is 9.40. The summed E-state index contributed by atoms with van der Waals surface area (Å²) >= 11 is 0. The van der Waals surface area contributed by atoms with Crippen LogP contribution in [0.3, 0.4) is 0 Å². The van der Waals surface area contributed by atoms with Crippen molar-refractivity contribution in [3.8, 4) is 28.1 Å². The van der Waals surface area contributed by atoms with Crippen LogP contribution in [-0.4, -0.2) is 11.3 Å². The monoisotopic (exact) mass is 1170 g/mol. The van der Waals surface area contributed by atoms with Gasteiger partial charge in [-0.05, 0) is 202 Å². The van der Waals surface area contributed by atoms with Crippen molar-refractivity contribution in [3.05, 3.63) is 269 Å². The molecule has 13 aromatic rings. The van der Waals surface area contributed by atoms with Crippen LogP contribution >= 0.6 is 0 Å². The minimum atomic E-state index is -0.0898. The molecule has 0 N–H and O–H groups in total. The zero-order valence-electron chi connectivity index (χ0n) is 54.2. The van der Waals surface area contributed by atoms with Gasteiger partial charge in [0.1, 0.15) is 11.3 Å². The third kappa shape index (κ3) is 9.28. The molecular weight excluding hydrogens is 1090 g/mol. The van der Waals surface area contributed by atoms with E-state index in [0.717, 1.165) is 89.9 Å². The lowest BCUT2D eigenvalue weighted by molar-refractivity contribution is 0.589. The van der Waals surface area contributed by atoms with Gasteiger partial charge in [-0.3, -0.25) is 0 Å². The highest BCUT2D eigenvalue weighted by molar-refractivity contribution is 7.00. The summed E-state index contributed by atoms with van der Waals surface area (Å²) in [4.78, 5) is 7.72. The molecule has 2 aliphatic heterocycles. The van der Waals surface area contributed by atoms with Crippen molar-refractivity contribution in [2.75, 3.05) is 14.7 Å². The fraction of sp³-hybridized carbons (Fsp3) is 0.190. The zero-order chi connectivity index (χ0) is 62.3. The molecular formula is C84H77BN4O. The average Bonchev–Trinajstić information content (AvgIpc) is 1.51. The van der Waals surface area contributed by atoms with Gasteiger partial charge in [-0.1, -0.05) is 196 Å². The van der Waals surface area contributed by atoms with Gasteiger partial charge in [-0.15, -0.1) is 0 Å². The highest BCUT2D eigenvalue weighted by Crippen LogP contribution is 2.51. The van der Waals surface area contributed by atoms with Crippen molar-refractivity contribution >= 4 is 107 Å². The molecule has 0 amide bonds. The smallest absolute Gasteiger partial charge is 0.252 e. The van der Waals surface area contributed by atoms with E-state index < -0.39 is 0 Å². The normalized spacial score (nSPS) is 13.1. The van der Waals surface area contributed by atoms with Gasteiger partial charge < -0.3 is 23.7 Å². The highest BCUT2D eigenvalue weighted by Gasteiger charge is 2.45. The van der Waals surface area contributed by atoms with Crippen LogP contribution in [-0.2, 0) is 16.2 Å². The van der Waals surface area contributed by atoms with Crippen LogP contribution in [0.5, 0.6) is 0 Å². The van der Waals surface area contributed by atoms with Crippen molar-refractivity contribution in [2.45, 2.75) is 106 Å². The Balaban J connectivity index is 1.01. The molecule has 0 spiro atoms. The van der Waals surface area contributed by atoms with E-state index in [1.807, 2.05) is 0 Å². The summed E-state index contributed by atoms with van der Waals surface area (Å²) in [7, 11) is 0. The quantitative estimate of drug-likeness (QED) is 0.142. The third-order valence-electron chi connectivity index (χ3n) is 19.2. The fourth-order valence-corrected chi connectivity index (χ4v) is 14.7. The predicted molar refractivity (Wildman–Crippen MR) is 385 cm³/mol. The van der Waals surface area contributed by atoms with E-state index in [1.165, 1.54) is 77.6 Å². The largest absolute Gasteiger partial charge is 0.455 e. The van der Waals surface area contributed by atoms with Gasteiger partial charge in [0.15, 0.2) is 0 Å². The first-order chi connectivity index (χ1) is 43.2. The molecule has 6 heteroatoms. The van der Waals surface area contributed by atoms with Crippen LogP contribution in [0.25, 0.3) is 60.9 Å². The Morgan fingerprint density at radius 1 is 0.389 bits per heavy atom. The van der Waals surface area contributed by atoms with Gasteiger partial charge in [-0.2, -0.15) is 0 Å². The van der Waals surface area contributed by atoms with Crippen LogP contribution in [0.1, 0.15) is 101 Å². The minimum Gasteiger partial charge on any atom is -0.455 e. The number of aromatic nitrogens is 1. The zero-order valence-corrected chi connectivity index (χ0v) is 54.2. The number of fused-ring (bicyclic) bond motifs is 8. The van der Waals surface area contributed by atoms with Gasteiger partial charge in [-0.25, -0.2) is 0 Å². The number of para-hydroxylation sites is 3. The molecule has 0 saturated heterocycles. The van der Waals surface area contributed by atoms with E-state index in [2.05, 4.69) is 340 Å². The maximum atomic E-state index is 6.97. The summed E-state index contributed by atoms with van der Waals surface area (Å²) in [5, 5.41) is 3.55. The van der Waals surface area contributed by atoms with Crippen molar-refractivity contribution < 1.29 is 4.42 Å². The number of anilines is 9. The molecule has 15 rings (SSSR count). The maximum Gasteiger partial charge on any atom is 0.252 e. The van der Waals surface area contributed by atoms with E-state index in [1.54, 1.807) is 0 Å². The summed E-state index contributed by atoms with van der Waals surface area (Å²) in [6.07, 6.45) is 0. The van der Waals surface area contributed by atoms with E-state index >= 15 is 0 Å². The molecule has 11 aromatic carbocycles. The topological polar surface area (TPSA) is 27.8 Å². The number of aryl methyl sites for hydroxylation is 4. The van der Waals surface area contributed by atoms with E-state index in [4.69, 9.17) is 4.42 Å². The molecule has 0 bridgehead atoms. The first kappa shape index (κ1) is 56.7. The van der Waals surface area contributed by atoms with E-state index in [9.17, 15) is 0 Å². The van der Waals surface area contributed by atoms with Gasteiger partial charge in [0.25, 0.3) is 6.71 Å².